The zero-order chi connectivity index (χ0) is 13.5. The van der Waals surface area contributed by atoms with Crippen molar-refractivity contribution in [3.63, 3.8) is 0 Å². The summed E-state index contributed by atoms with van der Waals surface area (Å²) in [6.07, 6.45) is 0.836. The molecule has 1 N–H and O–H groups in total. The molecular weight excluding hydrogens is 262 g/mol. The van der Waals surface area contributed by atoms with Gasteiger partial charge in [0.1, 0.15) is 0 Å². The Kier molecular flexibility index (Phi) is 4.91. The molecule has 0 spiro atoms. The minimum absolute atomic E-state index is 0.0102. The maximum absolute atomic E-state index is 11.6. The Morgan fingerprint density at radius 2 is 2.16 bits per heavy atom. The lowest BCUT2D eigenvalue weighted by Gasteiger charge is -2.04. The Hall–Kier alpha value is -1.89. The summed E-state index contributed by atoms with van der Waals surface area (Å²) in [4.78, 5) is 11.6. The fourth-order valence-electron chi connectivity index (χ4n) is 1.52. The van der Waals surface area contributed by atoms with E-state index in [1.165, 1.54) is 17.3 Å². The molecule has 0 bridgehead atoms. The average Bonchev–Trinajstić information content (AvgIpc) is 2.83. The van der Waals surface area contributed by atoms with Crippen molar-refractivity contribution < 1.29 is 4.79 Å². The Balaban J connectivity index is 1.66. The topological polar surface area (TPSA) is 72.7 Å². The van der Waals surface area contributed by atoms with E-state index in [0.29, 0.717) is 17.5 Å². The van der Waals surface area contributed by atoms with Gasteiger partial charge in [0, 0.05) is 13.6 Å². The third kappa shape index (κ3) is 4.36. The summed E-state index contributed by atoms with van der Waals surface area (Å²) in [5.74, 6) is 0.312. The number of aromatic nitrogens is 4. The number of nitrogens with one attached hydrogen (secondary N) is 1. The van der Waals surface area contributed by atoms with Gasteiger partial charge in [0.25, 0.3) is 0 Å². The molecule has 0 saturated heterocycles. The van der Waals surface area contributed by atoms with Crippen LogP contribution in [-0.2, 0) is 18.3 Å². The van der Waals surface area contributed by atoms with Gasteiger partial charge in [-0.05, 0) is 22.4 Å². The lowest BCUT2D eigenvalue weighted by atomic mass is 10.1. The Morgan fingerprint density at radius 1 is 1.37 bits per heavy atom. The first kappa shape index (κ1) is 13.5. The lowest BCUT2D eigenvalue weighted by molar-refractivity contribution is -0.118. The molecule has 1 amide bonds. The number of benzene rings is 1. The zero-order valence-electron chi connectivity index (χ0n) is 10.6. The summed E-state index contributed by atoms with van der Waals surface area (Å²) in [7, 11) is 1.75. The van der Waals surface area contributed by atoms with Crippen molar-refractivity contribution >= 4 is 17.7 Å². The minimum atomic E-state index is -0.0102. The van der Waals surface area contributed by atoms with E-state index in [9.17, 15) is 4.79 Å². The van der Waals surface area contributed by atoms with E-state index < -0.39 is 0 Å². The predicted octanol–water partition coefficient (Wildman–Crippen LogP) is 0.661. The van der Waals surface area contributed by atoms with Gasteiger partial charge < -0.3 is 5.32 Å². The molecular formula is C12H15N5OS. The van der Waals surface area contributed by atoms with Gasteiger partial charge in [-0.1, -0.05) is 42.1 Å². The molecule has 0 radical (unpaired) electrons. The molecule has 6 nitrogen and oxygen atoms in total. The fraction of sp³-hybridized carbons (Fsp3) is 0.333. The fourth-order valence-corrected chi connectivity index (χ4v) is 2.20. The van der Waals surface area contributed by atoms with Crippen molar-refractivity contribution in [1.29, 1.82) is 0 Å². The van der Waals surface area contributed by atoms with E-state index >= 15 is 0 Å². The average molecular weight is 277 g/mol. The molecule has 0 aliphatic rings. The van der Waals surface area contributed by atoms with E-state index in [4.69, 9.17) is 0 Å². The quantitative estimate of drug-likeness (QED) is 0.785. The maximum Gasteiger partial charge on any atom is 0.230 e. The molecule has 0 atom stereocenters. The Morgan fingerprint density at radius 3 is 2.84 bits per heavy atom. The van der Waals surface area contributed by atoms with E-state index in [-0.39, 0.29) is 5.91 Å². The first-order valence-corrected chi connectivity index (χ1v) is 6.90. The highest BCUT2D eigenvalue weighted by Gasteiger charge is 2.07. The predicted molar refractivity (Wildman–Crippen MR) is 72.7 cm³/mol. The van der Waals surface area contributed by atoms with Crippen LogP contribution in [0, 0.1) is 0 Å². The van der Waals surface area contributed by atoms with Crippen LogP contribution < -0.4 is 5.32 Å². The number of thioether (sulfide) groups is 1. The highest BCUT2D eigenvalue weighted by molar-refractivity contribution is 7.99. The standard InChI is InChI=1S/C12H15N5OS/c1-17-12(14-15-16-17)19-9-11(18)13-8-7-10-5-3-2-4-6-10/h2-6H,7-9H2,1H3,(H,13,18). The molecule has 7 heteroatoms. The van der Waals surface area contributed by atoms with Gasteiger partial charge in [-0.25, -0.2) is 4.68 Å². The number of rotatable bonds is 6. The molecule has 0 aliphatic carbocycles. The van der Waals surface area contributed by atoms with Crippen molar-refractivity contribution in [1.82, 2.24) is 25.5 Å². The monoisotopic (exact) mass is 277 g/mol. The van der Waals surface area contributed by atoms with Gasteiger partial charge in [0.05, 0.1) is 5.75 Å². The van der Waals surface area contributed by atoms with Crippen LogP contribution in [0.4, 0.5) is 0 Å². The van der Waals surface area contributed by atoms with Crippen LogP contribution in [0.2, 0.25) is 0 Å². The molecule has 2 aromatic rings. The highest BCUT2D eigenvalue weighted by atomic mass is 32.2. The second-order valence-electron chi connectivity index (χ2n) is 3.96. The van der Waals surface area contributed by atoms with Gasteiger partial charge in [0.15, 0.2) is 0 Å². The summed E-state index contributed by atoms with van der Waals surface area (Å²) in [5, 5.41) is 14.5. The number of carbonyl (C=O) groups is 1. The Labute approximate surface area is 115 Å². The molecule has 0 aliphatic heterocycles. The van der Waals surface area contributed by atoms with E-state index in [1.54, 1.807) is 11.7 Å². The van der Waals surface area contributed by atoms with Crippen LogP contribution in [0.1, 0.15) is 5.56 Å². The molecule has 100 valence electrons. The van der Waals surface area contributed by atoms with Crippen molar-refractivity contribution in [3.8, 4) is 0 Å². The SMILES string of the molecule is Cn1nnnc1SCC(=O)NCCc1ccccc1. The molecule has 1 heterocycles. The first-order chi connectivity index (χ1) is 9.25. The molecule has 0 fully saturated rings. The van der Waals surface area contributed by atoms with Crippen LogP contribution in [-0.4, -0.2) is 38.4 Å². The summed E-state index contributed by atoms with van der Waals surface area (Å²) in [6.45, 7) is 0.639. The van der Waals surface area contributed by atoms with Gasteiger partial charge in [0.2, 0.25) is 11.1 Å². The van der Waals surface area contributed by atoms with Crippen molar-refractivity contribution in [2.45, 2.75) is 11.6 Å². The van der Waals surface area contributed by atoms with Crippen molar-refractivity contribution in [3.05, 3.63) is 35.9 Å². The van der Waals surface area contributed by atoms with Crippen LogP contribution in [0.15, 0.2) is 35.5 Å². The van der Waals surface area contributed by atoms with Gasteiger partial charge in [-0.3, -0.25) is 4.79 Å². The number of hydrogen-bond donors (Lipinski definition) is 1. The lowest BCUT2D eigenvalue weighted by Crippen LogP contribution is -2.27. The highest BCUT2D eigenvalue weighted by Crippen LogP contribution is 2.11. The number of hydrogen-bond acceptors (Lipinski definition) is 5. The molecule has 19 heavy (non-hydrogen) atoms. The normalized spacial score (nSPS) is 10.4. The summed E-state index contributed by atoms with van der Waals surface area (Å²) >= 11 is 1.32. The van der Waals surface area contributed by atoms with Gasteiger partial charge in [-0.2, -0.15) is 0 Å². The third-order valence-electron chi connectivity index (χ3n) is 2.49. The maximum atomic E-state index is 11.6. The molecule has 2 rings (SSSR count). The second kappa shape index (κ2) is 6.89. The molecule has 0 unspecified atom stereocenters. The van der Waals surface area contributed by atoms with Crippen LogP contribution >= 0.6 is 11.8 Å². The first-order valence-electron chi connectivity index (χ1n) is 5.91. The second-order valence-corrected chi connectivity index (χ2v) is 4.90. The van der Waals surface area contributed by atoms with Gasteiger partial charge in [-0.15, -0.1) is 5.10 Å². The van der Waals surface area contributed by atoms with Crippen molar-refractivity contribution in [2.75, 3.05) is 12.3 Å². The summed E-state index contributed by atoms with van der Waals surface area (Å²) < 4.78 is 1.54. The van der Waals surface area contributed by atoms with E-state index in [1.807, 2.05) is 30.3 Å². The largest absolute Gasteiger partial charge is 0.355 e. The van der Waals surface area contributed by atoms with E-state index in [2.05, 4.69) is 20.8 Å². The number of nitrogens with zero attached hydrogens (tertiary/aromatic N) is 4. The third-order valence-corrected chi connectivity index (χ3v) is 3.50. The van der Waals surface area contributed by atoms with Crippen LogP contribution in [0.25, 0.3) is 0 Å². The Bertz CT molecular complexity index is 528. The molecule has 1 aromatic carbocycles. The van der Waals surface area contributed by atoms with E-state index in [0.717, 1.165) is 6.42 Å². The van der Waals surface area contributed by atoms with Crippen LogP contribution in [0.5, 0.6) is 0 Å². The van der Waals surface area contributed by atoms with Crippen LogP contribution in [0.3, 0.4) is 0 Å². The zero-order valence-corrected chi connectivity index (χ0v) is 11.4. The summed E-state index contributed by atoms with van der Waals surface area (Å²) in [5.41, 5.74) is 1.22. The smallest absolute Gasteiger partial charge is 0.230 e. The van der Waals surface area contributed by atoms with Gasteiger partial charge >= 0.3 is 0 Å². The molecule has 1 aromatic heterocycles. The number of carbonyl (C=O) groups excluding carboxylic acids is 1. The number of tetrazole rings is 1. The van der Waals surface area contributed by atoms with Crippen molar-refractivity contribution in [2.24, 2.45) is 7.05 Å². The minimum Gasteiger partial charge on any atom is -0.355 e. The molecule has 0 saturated carbocycles. The number of amides is 1. The summed E-state index contributed by atoms with van der Waals surface area (Å²) in [6, 6.07) is 10.1. The number of aryl methyl sites for hydroxylation is 1.